The van der Waals surface area contributed by atoms with Gasteiger partial charge in [-0.3, -0.25) is 9.69 Å². The van der Waals surface area contributed by atoms with Crippen LogP contribution < -0.4 is 16.2 Å². The van der Waals surface area contributed by atoms with Crippen molar-refractivity contribution in [1.82, 2.24) is 20.1 Å². The van der Waals surface area contributed by atoms with Crippen molar-refractivity contribution < 1.29 is 0 Å². The molecule has 1 aromatic carbocycles. The number of benzene rings is 1. The highest BCUT2D eigenvalue weighted by molar-refractivity contribution is 5.79. The molecule has 0 radical (unpaired) electrons. The number of likely N-dealkylation sites (tertiary alicyclic amines) is 1. The molecule has 1 aromatic heterocycles. The number of guanidine groups is 1. The van der Waals surface area contributed by atoms with E-state index in [1.807, 2.05) is 12.3 Å². The first-order valence-electron chi connectivity index (χ1n) is 11.5. The van der Waals surface area contributed by atoms with Crippen LogP contribution in [0.25, 0.3) is 0 Å². The zero-order chi connectivity index (χ0) is 22.1. The molecule has 31 heavy (non-hydrogen) atoms. The lowest BCUT2D eigenvalue weighted by atomic mass is 9.98. The van der Waals surface area contributed by atoms with Crippen LogP contribution in [0.5, 0.6) is 0 Å². The zero-order valence-corrected chi connectivity index (χ0v) is 19.2. The zero-order valence-electron chi connectivity index (χ0n) is 19.2. The molecule has 0 unspecified atom stereocenters. The van der Waals surface area contributed by atoms with Gasteiger partial charge in [0.05, 0.1) is 13.1 Å². The molecule has 3 rings (SSSR count). The molecule has 0 bridgehead atoms. The molecule has 6 nitrogen and oxygen atoms in total. The molecule has 0 aliphatic carbocycles. The maximum atomic E-state index is 11.9. The lowest BCUT2D eigenvalue weighted by Crippen LogP contribution is -2.54. The van der Waals surface area contributed by atoms with Gasteiger partial charge in [0.2, 0.25) is 0 Å². The summed E-state index contributed by atoms with van der Waals surface area (Å²) in [4.78, 5) is 19.3. The van der Waals surface area contributed by atoms with Crippen molar-refractivity contribution in [2.45, 2.75) is 58.7 Å². The second-order valence-corrected chi connectivity index (χ2v) is 8.89. The maximum Gasteiger partial charge on any atom is 0.250 e. The van der Waals surface area contributed by atoms with Crippen molar-refractivity contribution in [2.24, 2.45) is 4.99 Å². The highest BCUT2D eigenvalue weighted by atomic mass is 16.1. The maximum absolute atomic E-state index is 11.9. The minimum absolute atomic E-state index is 0.0185. The molecule has 1 aliphatic rings. The van der Waals surface area contributed by atoms with Gasteiger partial charge in [-0.2, -0.15) is 0 Å². The number of rotatable bonds is 8. The summed E-state index contributed by atoms with van der Waals surface area (Å²) < 4.78 is 1.71. The van der Waals surface area contributed by atoms with E-state index < -0.39 is 0 Å². The summed E-state index contributed by atoms with van der Waals surface area (Å²) in [6, 6.07) is 13.6. The van der Waals surface area contributed by atoms with E-state index in [-0.39, 0.29) is 11.1 Å². The summed E-state index contributed by atoms with van der Waals surface area (Å²) in [5, 5.41) is 6.90. The SMILES string of the molecule is CCNC(=NCc1ccc(Cn2ccccc2=O)cc1)NCC(C)(C)N1CCCCC1. The minimum Gasteiger partial charge on any atom is -0.357 e. The van der Waals surface area contributed by atoms with Gasteiger partial charge in [0.1, 0.15) is 0 Å². The average molecular weight is 424 g/mol. The van der Waals surface area contributed by atoms with Gasteiger partial charge in [0, 0.05) is 30.9 Å². The number of hydrogen-bond donors (Lipinski definition) is 2. The Kier molecular flexibility index (Phi) is 8.29. The van der Waals surface area contributed by atoms with Gasteiger partial charge in [-0.05, 0) is 63.9 Å². The molecule has 0 saturated carbocycles. The van der Waals surface area contributed by atoms with E-state index >= 15 is 0 Å². The van der Waals surface area contributed by atoms with E-state index in [1.54, 1.807) is 16.7 Å². The Labute approximate surface area is 186 Å². The van der Waals surface area contributed by atoms with E-state index in [2.05, 4.69) is 60.6 Å². The van der Waals surface area contributed by atoms with Crippen molar-refractivity contribution in [1.29, 1.82) is 0 Å². The minimum atomic E-state index is 0.0185. The van der Waals surface area contributed by atoms with Crippen LogP contribution in [0, 0.1) is 0 Å². The third kappa shape index (κ3) is 6.96. The molecule has 1 saturated heterocycles. The van der Waals surface area contributed by atoms with Gasteiger partial charge in [0.25, 0.3) is 5.56 Å². The van der Waals surface area contributed by atoms with Crippen LogP contribution in [0.1, 0.15) is 51.2 Å². The van der Waals surface area contributed by atoms with Gasteiger partial charge in [-0.25, -0.2) is 4.99 Å². The predicted octanol–water partition coefficient (Wildman–Crippen LogP) is 3.22. The second kappa shape index (κ2) is 11.1. The number of nitrogens with zero attached hydrogens (tertiary/aromatic N) is 3. The molecular weight excluding hydrogens is 386 g/mol. The van der Waals surface area contributed by atoms with Gasteiger partial charge >= 0.3 is 0 Å². The van der Waals surface area contributed by atoms with Crippen LogP contribution >= 0.6 is 0 Å². The molecule has 1 fully saturated rings. The van der Waals surface area contributed by atoms with Crippen LogP contribution in [-0.2, 0) is 13.1 Å². The number of hydrogen-bond acceptors (Lipinski definition) is 3. The lowest BCUT2D eigenvalue weighted by Gasteiger charge is -2.41. The van der Waals surface area contributed by atoms with Crippen LogP contribution in [0.2, 0.25) is 0 Å². The molecule has 2 aromatic rings. The van der Waals surface area contributed by atoms with E-state index in [9.17, 15) is 4.79 Å². The number of pyridine rings is 1. The van der Waals surface area contributed by atoms with Crippen LogP contribution in [0.15, 0.2) is 58.4 Å². The summed E-state index contributed by atoms with van der Waals surface area (Å²) in [7, 11) is 0. The standard InChI is InChI=1S/C25H37N5O/c1-4-26-24(28-20-25(2,3)30-16-7-5-8-17-30)27-18-21-11-13-22(14-12-21)19-29-15-9-6-10-23(29)31/h6,9-15H,4-5,7-8,16-20H2,1-3H3,(H2,26,27,28). The Balaban J connectivity index is 1.57. The van der Waals surface area contributed by atoms with Crippen molar-refractivity contribution >= 4 is 5.96 Å². The Morgan fingerprint density at radius 3 is 2.39 bits per heavy atom. The quantitative estimate of drug-likeness (QED) is 0.506. The van der Waals surface area contributed by atoms with Crippen LogP contribution in [0.3, 0.4) is 0 Å². The summed E-state index contributed by atoms with van der Waals surface area (Å²) in [5.41, 5.74) is 2.38. The highest BCUT2D eigenvalue weighted by Gasteiger charge is 2.27. The fraction of sp³-hybridized carbons (Fsp3) is 0.520. The smallest absolute Gasteiger partial charge is 0.250 e. The molecule has 1 aliphatic heterocycles. The van der Waals surface area contributed by atoms with E-state index in [1.165, 1.54) is 32.4 Å². The molecule has 0 atom stereocenters. The van der Waals surface area contributed by atoms with Crippen molar-refractivity contribution in [3.63, 3.8) is 0 Å². The third-order valence-corrected chi connectivity index (χ3v) is 5.94. The Bertz CT molecular complexity index is 895. The van der Waals surface area contributed by atoms with Crippen LogP contribution in [0.4, 0.5) is 0 Å². The van der Waals surface area contributed by atoms with E-state index in [0.29, 0.717) is 13.1 Å². The Morgan fingerprint density at radius 2 is 1.71 bits per heavy atom. The fourth-order valence-corrected chi connectivity index (χ4v) is 3.96. The molecule has 0 amide bonds. The predicted molar refractivity (Wildman–Crippen MR) is 129 cm³/mol. The van der Waals surface area contributed by atoms with Gasteiger partial charge < -0.3 is 15.2 Å². The molecular formula is C25H37N5O. The van der Waals surface area contributed by atoms with E-state index in [0.717, 1.165) is 30.2 Å². The van der Waals surface area contributed by atoms with Gasteiger partial charge in [-0.15, -0.1) is 0 Å². The second-order valence-electron chi connectivity index (χ2n) is 8.89. The molecule has 6 heteroatoms. The van der Waals surface area contributed by atoms with Gasteiger partial charge in [-0.1, -0.05) is 36.8 Å². The van der Waals surface area contributed by atoms with E-state index in [4.69, 9.17) is 4.99 Å². The summed E-state index contributed by atoms with van der Waals surface area (Å²) in [6.45, 7) is 12.0. The van der Waals surface area contributed by atoms with Crippen molar-refractivity contribution in [3.05, 3.63) is 70.1 Å². The molecule has 2 N–H and O–H groups in total. The van der Waals surface area contributed by atoms with Crippen molar-refractivity contribution in [3.8, 4) is 0 Å². The Hall–Kier alpha value is -2.60. The first kappa shape index (κ1) is 23.1. The largest absolute Gasteiger partial charge is 0.357 e. The molecule has 0 spiro atoms. The third-order valence-electron chi connectivity index (χ3n) is 5.94. The average Bonchev–Trinajstić information content (AvgIpc) is 2.79. The van der Waals surface area contributed by atoms with Crippen LogP contribution in [-0.4, -0.2) is 47.1 Å². The topological polar surface area (TPSA) is 61.7 Å². The Morgan fingerprint density at radius 1 is 1.00 bits per heavy atom. The summed E-state index contributed by atoms with van der Waals surface area (Å²) in [5.74, 6) is 0.854. The number of aromatic nitrogens is 1. The molecule has 168 valence electrons. The highest BCUT2D eigenvalue weighted by Crippen LogP contribution is 2.19. The molecule has 2 heterocycles. The number of nitrogens with one attached hydrogen (secondary N) is 2. The monoisotopic (exact) mass is 423 g/mol. The fourth-order valence-electron chi connectivity index (χ4n) is 3.96. The van der Waals surface area contributed by atoms with Gasteiger partial charge in [0.15, 0.2) is 5.96 Å². The normalized spacial score (nSPS) is 15.6. The first-order chi connectivity index (χ1) is 15.0. The number of piperidine rings is 1. The summed E-state index contributed by atoms with van der Waals surface area (Å²) >= 11 is 0. The number of aliphatic imine (C=N–C) groups is 1. The summed E-state index contributed by atoms with van der Waals surface area (Å²) in [6.07, 6.45) is 5.77. The lowest BCUT2D eigenvalue weighted by molar-refractivity contribution is 0.0982. The first-order valence-corrected chi connectivity index (χ1v) is 11.5. The van der Waals surface area contributed by atoms with Crippen molar-refractivity contribution in [2.75, 3.05) is 26.2 Å².